The molecule has 36 heavy (non-hydrogen) atoms. The molecule has 0 N–H and O–H groups in total. The molecular weight excluding hydrogens is 434 g/mol. The van der Waals surface area contributed by atoms with Crippen molar-refractivity contribution in [2.45, 2.75) is 0 Å². The van der Waals surface area contributed by atoms with Crippen molar-refractivity contribution in [1.29, 1.82) is 0 Å². The summed E-state index contributed by atoms with van der Waals surface area (Å²) in [5.74, 6) is 0. The molecule has 0 aliphatic rings. The minimum atomic E-state index is 1.03. The molecule has 0 spiro atoms. The number of nitrogens with zero attached hydrogens (tertiary/aromatic N) is 1. The summed E-state index contributed by atoms with van der Waals surface area (Å²) in [5, 5.41) is 15.2. The number of fused-ring (bicyclic) bond motifs is 10. The number of pyridine rings is 1. The van der Waals surface area contributed by atoms with Gasteiger partial charge in [0.1, 0.15) is 0 Å². The van der Waals surface area contributed by atoms with Crippen LogP contribution < -0.4 is 0 Å². The Labute approximate surface area is 208 Å². The van der Waals surface area contributed by atoms with Crippen LogP contribution in [0.1, 0.15) is 0 Å². The van der Waals surface area contributed by atoms with Crippen molar-refractivity contribution in [2.75, 3.05) is 0 Å². The summed E-state index contributed by atoms with van der Waals surface area (Å²) in [6.07, 6.45) is 1.95. The van der Waals surface area contributed by atoms with Crippen LogP contribution >= 0.6 is 0 Å². The first-order valence-corrected chi connectivity index (χ1v) is 12.4. The number of rotatable bonds is 1. The van der Waals surface area contributed by atoms with Gasteiger partial charge in [0.15, 0.2) is 0 Å². The van der Waals surface area contributed by atoms with Gasteiger partial charge in [-0.3, -0.25) is 4.98 Å². The predicted octanol–water partition coefficient (Wildman–Crippen LogP) is 9.67. The van der Waals surface area contributed by atoms with Crippen LogP contribution in [0.25, 0.3) is 75.9 Å². The molecule has 1 heteroatoms. The van der Waals surface area contributed by atoms with Crippen LogP contribution in [-0.2, 0) is 0 Å². The van der Waals surface area contributed by atoms with Crippen LogP contribution in [-0.4, -0.2) is 4.98 Å². The van der Waals surface area contributed by atoms with Gasteiger partial charge in [-0.1, -0.05) is 109 Å². The molecule has 0 saturated carbocycles. The fourth-order valence-electron chi connectivity index (χ4n) is 5.96. The van der Waals surface area contributed by atoms with Crippen molar-refractivity contribution < 1.29 is 0 Å². The topological polar surface area (TPSA) is 12.9 Å². The van der Waals surface area contributed by atoms with E-state index in [1.54, 1.807) is 0 Å². The minimum Gasteiger partial charge on any atom is -0.256 e. The van der Waals surface area contributed by atoms with E-state index in [9.17, 15) is 0 Å². The molecule has 0 fully saturated rings. The zero-order valence-electron chi connectivity index (χ0n) is 19.6. The summed E-state index contributed by atoms with van der Waals surface area (Å²) < 4.78 is 0. The Balaban J connectivity index is 1.36. The van der Waals surface area contributed by atoms with Crippen molar-refractivity contribution in [2.24, 2.45) is 0 Å². The summed E-state index contributed by atoms with van der Waals surface area (Å²) in [6.45, 7) is 0. The van der Waals surface area contributed by atoms with Crippen molar-refractivity contribution >= 4 is 64.6 Å². The predicted molar refractivity (Wildman–Crippen MR) is 155 cm³/mol. The maximum absolute atomic E-state index is 4.86. The van der Waals surface area contributed by atoms with E-state index in [1.165, 1.54) is 64.6 Å². The average Bonchev–Trinajstić information content (AvgIpc) is 2.95. The highest BCUT2D eigenvalue weighted by atomic mass is 14.7. The molecule has 1 aromatic heterocycles. The molecule has 0 bridgehead atoms. The van der Waals surface area contributed by atoms with Gasteiger partial charge >= 0.3 is 0 Å². The smallest absolute Gasteiger partial charge is 0.0780 e. The number of aromatic nitrogens is 1. The largest absolute Gasteiger partial charge is 0.256 e. The Morgan fingerprint density at radius 3 is 1.50 bits per heavy atom. The first-order valence-electron chi connectivity index (χ1n) is 12.4. The van der Waals surface area contributed by atoms with Gasteiger partial charge in [-0.25, -0.2) is 0 Å². The van der Waals surface area contributed by atoms with Crippen LogP contribution in [0.2, 0.25) is 0 Å². The fraction of sp³-hybridized carbons (Fsp3) is 0. The molecule has 0 aliphatic heterocycles. The highest BCUT2D eigenvalue weighted by Gasteiger charge is 2.11. The Bertz CT molecular complexity index is 2150. The molecule has 0 unspecified atom stereocenters. The molecule has 1 nitrogen and oxygen atoms in total. The van der Waals surface area contributed by atoms with E-state index in [1.807, 2.05) is 6.20 Å². The van der Waals surface area contributed by atoms with E-state index < -0.39 is 0 Å². The standard InChI is InChI=1S/C35H21N/c1-3-7-26-22(5-1)9-14-30-28-13-12-25(21-24(28)11-16-29(26)30)35-34-18-17-31-27-8-4-2-6-23(27)10-15-32(31)33(34)19-20-36-35/h1-21H. The van der Waals surface area contributed by atoms with Gasteiger partial charge in [-0.05, 0) is 71.4 Å². The normalized spacial score (nSPS) is 11.9. The molecule has 0 atom stereocenters. The Morgan fingerprint density at radius 1 is 0.333 bits per heavy atom. The van der Waals surface area contributed by atoms with Crippen molar-refractivity contribution in [3.8, 4) is 11.3 Å². The van der Waals surface area contributed by atoms with E-state index in [0.717, 1.165) is 11.3 Å². The molecule has 7 aromatic carbocycles. The summed E-state index contributed by atoms with van der Waals surface area (Å²) in [6, 6.07) is 44.1. The zero-order valence-corrected chi connectivity index (χ0v) is 19.6. The van der Waals surface area contributed by atoms with Gasteiger partial charge in [0.25, 0.3) is 0 Å². The Morgan fingerprint density at radius 2 is 0.806 bits per heavy atom. The van der Waals surface area contributed by atoms with Gasteiger partial charge in [-0.15, -0.1) is 0 Å². The lowest BCUT2D eigenvalue weighted by molar-refractivity contribution is 1.36. The maximum atomic E-state index is 4.86. The molecule has 0 aliphatic carbocycles. The minimum absolute atomic E-state index is 1.03. The monoisotopic (exact) mass is 455 g/mol. The zero-order chi connectivity index (χ0) is 23.6. The second kappa shape index (κ2) is 7.37. The highest BCUT2D eigenvalue weighted by Crippen LogP contribution is 2.37. The van der Waals surface area contributed by atoms with Crippen LogP contribution in [0.3, 0.4) is 0 Å². The van der Waals surface area contributed by atoms with Crippen LogP contribution in [0, 0.1) is 0 Å². The lowest BCUT2D eigenvalue weighted by Gasteiger charge is -2.12. The molecule has 8 rings (SSSR count). The van der Waals surface area contributed by atoms with Gasteiger partial charge in [0, 0.05) is 17.1 Å². The molecule has 0 saturated heterocycles. The second-order valence-corrected chi connectivity index (χ2v) is 9.59. The SMILES string of the molecule is c1ccc2c(c1)ccc1c3ccc(-c4nccc5c4ccc4c6ccccc6ccc54)cc3ccc21. The highest BCUT2D eigenvalue weighted by molar-refractivity contribution is 6.20. The van der Waals surface area contributed by atoms with Crippen LogP contribution in [0.4, 0.5) is 0 Å². The lowest BCUT2D eigenvalue weighted by Crippen LogP contribution is -1.88. The van der Waals surface area contributed by atoms with Gasteiger partial charge in [0.05, 0.1) is 5.69 Å². The quantitative estimate of drug-likeness (QED) is 0.225. The Kier molecular flexibility index (Phi) is 4.00. The Hall–Kier alpha value is -4.75. The van der Waals surface area contributed by atoms with E-state index in [2.05, 4.69) is 121 Å². The van der Waals surface area contributed by atoms with Gasteiger partial charge in [0.2, 0.25) is 0 Å². The van der Waals surface area contributed by atoms with E-state index in [4.69, 9.17) is 4.98 Å². The first-order chi connectivity index (χ1) is 17.8. The summed E-state index contributed by atoms with van der Waals surface area (Å²) in [5.41, 5.74) is 2.18. The summed E-state index contributed by atoms with van der Waals surface area (Å²) in [7, 11) is 0. The molecule has 1 heterocycles. The van der Waals surface area contributed by atoms with Crippen LogP contribution in [0.5, 0.6) is 0 Å². The third-order valence-electron chi connectivity index (χ3n) is 7.68. The molecule has 8 aromatic rings. The molecule has 0 amide bonds. The third-order valence-corrected chi connectivity index (χ3v) is 7.68. The van der Waals surface area contributed by atoms with Crippen molar-refractivity contribution in [3.05, 3.63) is 128 Å². The van der Waals surface area contributed by atoms with E-state index in [-0.39, 0.29) is 0 Å². The van der Waals surface area contributed by atoms with E-state index in [0.29, 0.717) is 0 Å². The van der Waals surface area contributed by atoms with E-state index >= 15 is 0 Å². The maximum Gasteiger partial charge on any atom is 0.0780 e. The molecule has 0 radical (unpaired) electrons. The average molecular weight is 456 g/mol. The van der Waals surface area contributed by atoms with Gasteiger partial charge in [-0.2, -0.15) is 0 Å². The third kappa shape index (κ3) is 2.74. The second-order valence-electron chi connectivity index (χ2n) is 9.59. The van der Waals surface area contributed by atoms with Crippen molar-refractivity contribution in [3.63, 3.8) is 0 Å². The number of benzene rings is 7. The number of hydrogen-bond acceptors (Lipinski definition) is 1. The fourth-order valence-corrected chi connectivity index (χ4v) is 5.96. The van der Waals surface area contributed by atoms with Gasteiger partial charge < -0.3 is 0 Å². The number of hydrogen-bond donors (Lipinski definition) is 0. The van der Waals surface area contributed by atoms with Crippen LogP contribution in [0.15, 0.2) is 128 Å². The molecule has 166 valence electrons. The first kappa shape index (κ1) is 19.5. The summed E-state index contributed by atoms with van der Waals surface area (Å²) >= 11 is 0. The molecular formula is C35H21N. The van der Waals surface area contributed by atoms with Crippen molar-refractivity contribution in [1.82, 2.24) is 4.98 Å². The lowest BCUT2D eigenvalue weighted by atomic mass is 9.93. The summed E-state index contributed by atoms with van der Waals surface area (Å²) in [4.78, 5) is 4.86.